The van der Waals surface area contributed by atoms with Crippen LogP contribution in [-0.2, 0) is 13.0 Å². The van der Waals surface area contributed by atoms with Crippen LogP contribution in [0.3, 0.4) is 0 Å². The number of rotatable bonds is 8. The molecule has 0 unspecified atom stereocenters. The predicted molar refractivity (Wildman–Crippen MR) is 114 cm³/mol. The number of carbonyl (C=O) groups excluding carboxylic acids is 1. The highest BCUT2D eigenvalue weighted by atomic mass is 19.1. The van der Waals surface area contributed by atoms with Crippen molar-refractivity contribution in [2.45, 2.75) is 19.9 Å². The Morgan fingerprint density at radius 2 is 2.10 bits per heavy atom. The molecule has 3 N–H and O–H groups in total. The normalized spacial score (nSPS) is 10.1. The molecule has 3 rings (SSSR count). The van der Waals surface area contributed by atoms with E-state index in [1.807, 2.05) is 0 Å². The number of ketones is 1. The molecule has 0 radical (unpaired) electrons. The van der Waals surface area contributed by atoms with Crippen LogP contribution < -0.4 is 15.8 Å². The van der Waals surface area contributed by atoms with E-state index in [9.17, 15) is 9.18 Å². The molecule has 0 amide bonds. The van der Waals surface area contributed by atoms with Crippen molar-refractivity contribution in [1.29, 1.82) is 0 Å². The van der Waals surface area contributed by atoms with E-state index in [-0.39, 0.29) is 31.2 Å². The average Bonchev–Trinajstić information content (AvgIpc) is 2.75. The van der Waals surface area contributed by atoms with Crippen LogP contribution in [0.1, 0.15) is 28.5 Å². The van der Waals surface area contributed by atoms with Gasteiger partial charge in [-0.1, -0.05) is 18.1 Å². The first kappa shape index (κ1) is 20.8. The van der Waals surface area contributed by atoms with Crippen molar-refractivity contribution in [3.05, 3.63) is 77.5 Å². The Bertz CT molecular complexity index is 1090. The molecule has 0 aliphatic heterocycles. The number of halogens is 1. The highest BCUT2D eigenvalue weighted by Gasteiger charge is 2.12. The topological polar surface area (TPSA) is 90.1 Å². The zero-order valence-electron chi connectivity index (χ0n) is 16.5. The van der Waals surface area contributed by atoms with Crippen LogP contribution in [0.2, 0.25) is 0 Å². The van der Waals surface area contributed by atoms with E-state index in [1.54, 1.807) is 49.5 Å². The maximum absolute atomic E-state index is 14.2. The molecule has 0 aliphatic rings. The fourth-order valence-corrected chi connectivity index (χ4v) is 2.73. The zero-order valence-corrected chi connectivity index (χ0v) is 16.5. The molecular formula is C23H21FN4O2. The molecule has 0 saturated carbocycles. The Morgan fingerprint density at radius 3 is 2.83 bits per heavy atom. The smallest absolute Gasteiger partial charge is 0.185 e. The number of benzene rings is 1. The van der Waals surface area contributed by atoms with Crippen molar-refractivity contribution < 1.29 is 13.9 Å². The first-order valence-corrected chi connectivity index (χ1v) is 9.30. The van der Waals surface area contributed by atoms with Crippen LogP contribution in [0.5, 0.6) is 5.75 Å². The fourth-order valence-electron chi connectivity index (χ4n) is 2.73. The summed E-state index contributed by atoms with van der Waals surface area (Å²) >= 11 is 0. The van der Waals surface area contributed by atoms with Crippen LogP contribution in [0.15, 0.2) is 54.9 Å². The Balaban J connectivity index is 1.64. The lowest BCUT2D eigenvalue weighted by Gasteiger charge is -2.10. The fraction of sp³-hybridized carbons (Fsp3) is 0.174. The molecule has 152 valence electrons. The lowest BCUT2D eigenvalue weighted by atomic mass is 10.0. The summed E-state index contributed by atoms with van der Waals surface area (Å²) in [5, 5.41) is 3.06. The summed E-state index contributed by atoms with van der Waals surface area (Å²) in [5.41, 5.74) is 7.85. The Labute approximate surface area is 174 Å². The van der Waals surface area contributed by atoms with Crippen LogP contribution in [0.4, 0.5) is 15.9 Å². The first-order chi connectivity index (χ1) is 14.6. The van der Waals surface area contributed by atoms with Crippen molar-refractivity contribution in [3.8, 4) is 17.6 Å². The van der Waals surface area contributed by atoms with Gasteiger partial charge in [-0.2, -0.15) is 0 Å². The Morgan fingerprint density at radius 1 is 1.23 bits per heavy atom. The molecular weight excluding hydrogens is 383 g/mol. The maximum Gasteiger partial charge on any atom is 0.185 e. The second-order valence-corrected chi connectivity index (χ2v) is 6.41. The highest BCUT2D eigenvalue weighted by molar-refractivity contribution is 5.95. The van der Waals surface area contributed by atoms with Gasteiger partial charge in [0, 0.05) is 24.7 Å². The maximum atomic E-state index is 14.2. The molecule has 6 nitrogen and oxygen atoms in total. The molecule has 0 atom stereocenters. The SMILES string of the molecule is CC#CCOc1ccc(C(=O)Cc2ccc(F)c(CNc3cccnc3N)c2)nc1. The molecule has 1 aromatic carbocycles. The number of nitrogens with two attached hydrogens (primary N) is 1. The number of pyridine rings is 2. The summed E-state index contributed by atoms with van der Waals surface area (Å²) in [6.45, 7) is 2.21. The Kier molecular flexibility index (Phi) is 6.95. The second kappa shape index (κ2) is 10.0. The number of nitrogens with one attached hydrogen (secondary N) is 1. The average molecular weight is 404 g/mol. The summed E-state index contributed by atoms with van der Waals surface area (Å²) < 4.78 is 19.6. The molecule has 3 aromatic rings. The minimum Gasteiger partial charge on any atom is -0.479 e. The van der Waals surface area contributed by atoms with Crippen LogP contribution in [0.25, 0.3) is 0 Å². The van der Waals surface area contributed by atoms with E-state index in [0.29, 0.717) is 34.1 Å². The number of aromatic nitrogens is 2. The number of hydrogen-bond donors (Lipinski definition) is 2. The van der Waals surface area contributed by atoms with Gasteiger partial charge < -0.3 is 15.8 Å². The molecule has 2 heterocycles. The molecule has 30 heavy (non-hydrogen) atoms. The van der Waals surface area contributed by atoms with Crippen molar-refractivity contribution in [2.75, 3.05) is 17.7 Å². The van der Waals surface area contributed by atoms with Gasteiger partial charge in [-0.3, -0.25) is 4.79 Å². The van der Waals surface area contributed by atoms with Gasteiger partial charge in [0.05, 0.1) is 11.9 Å². The van der Waals surface area contributed by atoms with Crippen LogP contribution in [0, 0.1) is 17.7 Å². The van der Waals surface area contributed by atoms with Crippen LogP contribution in [-0.4, -0.2) is 22.4 Å². The monoisotopic (exact) mass is 404 g/mol. The molecule has 0 aliphatic carbocycles. The van der Waals surface area contributed by atoms with E-state index in [1.165, 1.54) is 12.3 Å². The predicted octanol–water partition coefficient (Wildman–Crippen LogP) is 3.64. The quantitative estimate of drug-likeness (QED) is 0.440. The summed E-state index contributed by atoms with van der Waals surface area (Å²) in [6, 6.07) is 11.4. The summed E-state index contributed by atoms with van der Waals surface area (Å²) in [5.74, 6) is 5.87. The summed E-state index contributed by atoms with van der Waals surface area (Å²) in [4.78, 5) is 20.7. The van der Waals surface area contributed by atoms with Gasteiger partial charge in [0.2, 0.25) is 0 Å². The van der Waals surface area contributed by atoms with Gasteiger partial charge in [-0.05, 0) is 42.8 Å². The molecule has 7 heteroatoms. The largest absolute Gasteiger partial charge is 0.479 e. The van der Waals surface area contributed by atoms with Gasteiger partial charge in [0.15, 0.2) is 5.78 Å². The van der Waals surface area contributed by atoms with Crippen LogP contribution >= 0.6 is 0 Å². The zero-order chi connectivity index (χ0) is 21.3. The molecule has 2 aromatic heterocycles. The third-order valence-electron chi connectivity index (χ3n) is 4.29. The number of nitrogen functional groups attached to an aromatic ring is 1. The third-order valence-corrected chi connectivity index (χ3v) is 4.29. The molecule has 0 spiro atoms. The Hall–Kier alpha value is -3.92. The molecule has 0 bridgehead atoms. The minimum atomic E-state index is -0.365. The second-order valence-electron chi connectivity index (χ2n) is 6.41. The number of Topliss-reactive ketones (excluding diaryl/α,β-unsaturated/α-hetero) is 1. The van der Waals surface area contributed by atoms with E-state index in [2.05, 4.69) is 27.1 Å². The lowest BCUT2D eigenvalue weighted by molar-refractivity contribution is 0.0988. The standard InChI is InChI=1S/C23H21FN4O2/c1-2-3-11-30-18-7-9-20(28-15-18)22(29)13-16-6-8-19(24)17(12-16)14-27-21-5-4-10-26-23(21)25/h4-10,12,15,27H,11,13-14H2,1H3,(H2,25,26). The van der Waals surface area contributed by atoms with E-state index in [0.717, 1.165) is 0 Å². The van der Waals surface area contributed by atoms with E-state index in [4.69, 9.17) is 10.5 Å². The van der Waals surface area contributed by atoms with Crippen molar-refractivity contribution in [2.24, 2.45) is 0 Å². The number of ether oxygens (including phenoxy) is 1. The minimum absolute atomic E-state index is 0.108. The van der Waals surface area contributed by atoms with Crippen molar-refractivity contribution in [3.63, 3.8) is 0 Å². The van der Waals surface area contributed by atoms with Gasteiger partial charge in [-0.25, -0.2) is 14.4 Å². The number of hydrogen-bond acceptors (Lipinski definition) is 6. The van der Waals surface area contributed by atoms with E-state index < -0.39 is 0 Å². The van der Waals surface area contributed by atoms with Gasteiger partial charge in [0.1, 0.15) is 29.7 Å². The third kappa shape index (κ3) is 5.55. The molecule has 0 fully saturated rings. The van der Waals surface area contributed by atoms with Crippen molar-refractivity contribution >= 4 is 17.3 Å². The van der Waals surface area contributed by atoms with Gasteiger partial charge in [-0.15, -0.1) is 5.92 Å². The number of anilines is 2. The van der Waals surface area contributed by atoms with Crippen molar-refractivity contribution in [1.82, 2.24) is 9.97 Å². The summed E-state index contributed by atoms with van der Waals surface area (Å²) in [6.07, 6.45) is 3.18. The summed E-state index contributed by atoms with van der Waals surface area (Å²) in [7, 11) is 0. The van der Waals surface area contributed by atoms with Gasteiger partial charge >= 0.3 is 0 Å². The lowest BCUT2D eigenvalue weighted by Crippen LogP contribution is -2.09. The van der Waals surface area contributed by atoms with E-state index >= 15 is 0 Å². The highest BCUT2D eigenvalue weighted by Crippen LogP contribution is 2.18. The van der Waals surface area contributed by atoms with Gasteiger partial charge in [0.25, 0.3) is 0 Å². The molecule has 0 saturated heterocycles. The first-order valence-electron chi connectivity index (χ1n) is 9.30. The number of nitrogens with zero attached hydrogens (tertiary/aromatic N) is 2. The number of carbonyl (C=O) groups is 1.